The highest BCUT2D eigenvalue weighted by Crippen LogP contribution is 2.07. The second-order valence-electron chi connectivity index (χ2n) is 4.12. The molecule has 0 spiro atoms. The Bertz CT molecular complexity index is 268. The van der Waals surface area contributed by atoms with Crippen LogP contribution in [0.5, 0.6) is 0 Å². The van der Waals surface area contributed by atoms with Crippen LogP contribution < -0.4 is 5.73 Å². The van der Waals surface area contributed by atoms with Gasteiger partial charge in [0.05, 0.1) is 7.05 Å². The van der Waals surface area contributed by atoms with Gasteiger partial charge in [-0.15, -0.1) is 10.2 Å². The van der Waals surface area contributed by atoms with Crippen molar-refractivity contribution in [2.45, 2.75) is 39.2 Å². The van der Waals surface area contributed by atoms with Gasteiger partial charge in [0.2, 0.25) is 0 Å². The molecule has 0 saturated carbocycles. The molecule has 1 rings (SSSR count). The number of hydrogen-bond acceptors (Lipinski definition) is 4. The van der Waals surface area contributed by atoms with E-state index in [1.54, 1.807) is 7.05 Å². The lowest BCUT2D eigenvalue weighted by molar-refractivity contribution is 0.469. The topological polar surface area (TPSA) is 69.6 Å². The van der Waals surface area contributed by atoms with Crippen molar-refractivity contribution in [3.8, 4) is 0 Å². The second kappa shape index (κ2) is 5.05. The predicted molar refractivity (Wildman–Crippen MR) is 54.5 cm³/mol. The van der Waals surface area contributed by atoms with Crippen LogP contribution in [0.4, 0.5) is 0 Å². The normalized spacial score (nSPS) is 13.5. The summed E-state index contributed by atoms with van der Waals surface area (Å²) in [7, 11) is 1.77. The quantitative estimate of drug-likeness (QED) is 0.747. The molecule has 0 aliphatic heterocycles. The van der Waals surface area contributed by atoms with Crippen molar-refractivity contribution < 1.29 is 0 Å². The Balaban J connectivity index is 2.26. The second-order valence-corrected chi connectivity index (χ2v) is 4.12. The van der Waals surface area contributed by atoms with Crippen LogP contribution in [0.15, 0.2) is 0 Å². The van der Waals surface area contributed by atoms with Crippen LogP contribution in [-0.4, -0.2) is 26.2 Å². The van der Waals surface area contributed by atoms with Crippen LogP contribution >= 0.6 is 0 Å². The van der Waals surface area contributed by atoms with Gasteiger partial charge in [0.25, 0.3) is 0 Å². The summed E-state index contributed by atoms with van der Waals surface area (Å²) in [5.74, 6) is 1.44. The minimum atomic E-state index is 0.249. The van der Waals surface area contributed by atoms with E-state index in [1.165, 1.54) is 4.80 Å². The first kappa shape index (κ1) is 11.1. The number of nitrogens with zero attached hydrogens (tertiary/aromatic N) is 4. The Kier molecular flexibility index (Phi) is 4.00. The fraction of sp³-hybridized carbons (Fsp3) is 0.889. The van der Waals surface area contributed by atoms with Crippen molar-refractivity contribution in [1.82, 2.24) is 20.2 Å². The van der Waals surface area contributed by atoms with Crippen LogP contribution in [0.1, 0.15) is 32.5 Å². The summed E-state index contributed by atoms with van der Waals surface area (Å²) in [6.45, 7) is 4.36. The van der Waals surface area contributed by atoms with Gasteiger partial charge in [0.15, 0.2) is 5.82 Å². The zero-order valence-corrected chi connectivity index (χ0v) is 9.14. The Morgan fingerprint density at radius 1 is 1.43 bits per heavy atom. The van der Waals surface area contributed by atoms with Crippen LogP contribution in [0.2, 0.25) is 0 Å². The van der Waals surface area contributed by atoms with Gasteiger partial charge in [-0.05, 0) is 24.0 Å². The molecule has 1 aromatic heterocycles. The van der Waals surface area contributed by atoms with Crippen LogP contribution in [-0.2, 0) is 13.5 Å². The van der Waals surface area contributed by atoms with Gasteiger partial charge >= 0.3 is 0 Å². The van der Waals surface area contributed by atoms with E-state index in [0.717, 1.165) is 25.1 Å². The lowest BCUT2D eigenvalue weighted by Gasteiger charge is -2.12. The summed E-state index contributed by atoms with van der Waals surface area (Å²) in [5.41, 5.74) is 5.95. The monoisotopic (exact) mass is 197 g/mol. The third-order valence-corrected chi connectivity index (χ3v) is 2.06. The molecule has 0 saturated heterocycles. The zero-order chi connectivity index (χ0) is 10.6. The average molecular weight is 197 g/mol. The van der Waals surface area contributed by atoms with E-state index in [2.05, 4.69) is 29.3 Å². The summed E-state index contributed by atoms with van der Waals surface area (Å²) in [6.07, 6.45) is 2.81. The first-order valence-electron chi connectivity index (χ1n) is 5.06. The molecule has 1 unspecified atom stereocenters. The van der Waals surface area contributed by atoms with E-state index in [4.69, 9.17) is 5.73 Å². The highest BCUT2D eigenvalue weighted by atomic mass is 15.6. The molecule has 0 aromatic carbocycles. The average Bonchev–Trinajstić information content (AvgIpc) is 2.47. The van der Waals surface area contributed by atoms with Crippen LogP contribution in [0.25, 0.3) is 0 Å². The molecule has 5 heteroatoms. The lowest BCUT2D eigenvalue weighted by Crippen LogP contribution is -2.22. The molecule has 1 heterocycles. The fourth-order valence-electron chi connectivity index (χ4n) is 1.46. The number of aryl methyl sites for hydroxylation is 2. The maximum atomic E-state index is 5.95. The lowest BCUT2D eigenvalue weighted by atomic mass is 10.0. The predicted octanol–water partition coefficient (Wildman–Crippen LogP) is 0.516. The maximum absolute atomic E-state index is 5.95. The number of nitrogens with two attached hydrogens (primary N) is 1. The van der Waals surface area contributed by atoms with Crippen molar-refractivity contribution >= 4 is 0 Å². The third-order valence-electron chi connectivity index (χ3n) is 2.06. The Morgan fingerprint density at radius 3 is 2.64 bits per heavy atom. The van der Waals surface area contributed by atoms with Gasteiger partial charge in [-0.1, -0.05) is 13.8 Å². The zero-order valence-electron chi connectivity index (χ0n) is 9.14. The van der Waals surface area contributed by atoms with E-state index in [-0.39, 0.29) is 6.04 Å². The van der Waals surface area contributed by atoms with Gasteiger partial charge in [-0.3, -0.25) is 0 Å². The molecule has 2 N–H and O–H groups in total. The van der Waals surface area contributed by atoms with Gasteiger partial charge < -0.3 is 5.73 Å². The molecule has 14 heavy (non-hydrogen) atoms. The summed E-state index contributed by atoms with van der Waals surface area (Å²) in [4.78, 5) is 1.48. The van der Waals surface area contributed by atoms with Gasteiger partial charge in [-0.25, -0.2) is 0 Å². The van der Waals surface area contributed by atoms with Crippen molar-refractivity contribution in [2.24, 2.45) is 18.7 Å². The fourth-order valence-corrected chi connectivity index (χ4v) is 1.46. The molecular weight excluding hydrogens is 178 g/mol. The molecule has 0 amide bonds. The van der Waals surface area contributed by atoms with Crippen molar-refractivity contribution in [2.75, 3.05) is 0 Å². The van der Waals surface area contributed by atoms with Crippen LogP contribution in [0.3, 0.4) is 0 Å². The molecule has 5 nitrogen and oxygen atoms in total. The molecule has 0 aliphatic carbocycles. The molecular formula is C9H19N5. The van der Waals surface area contributed by atoms with E-state index >= 15 is 0 Å². The van der Waals surface area contributed by atoms with Gasteiger partial charge in [0, 0.05) is 12.5 Å². The number of rotatable bonds is 5. The smallest absolute Gasteiger partial charge is 0.174 e. The summed E-state index contributed by atoms with van der Waals surface area (Å²) in [6, 6.07) is 0.249. The molecule has 1 atom stereocenters. The minimum absolute atomic E-state index is 0.249. The summed E-state index contributed by atoms with van der Waals surface area (Å²) < 4.78 is 0. The highest BCUT2D eigenvalue weighted by molar-refractivity contribution is 4.79. The maximum Gasteiger partial charge on any atom is 0.174 e. The standard InChI is InChI=1S/C9H19N5/c1-7(2)6-8(10)4-5-9-11-13-14(3)12-9/h7-8H,4-6,10H2,1-3H3. The number of hydrogen-bond donors (Lipinski definition) is 1. The highest BCUT2D eigenvalue weighted by Gasteiger charge is 2.07. The molecule has 0 bridgehead atoms. The minimum Gasteiger partial charge on any atom is -0.328 e. The van der Waals surface area contributed by atoms with Crippen molar-refractivity contribution in [3.63, 3.8) is 0 Å². The summed E-state index contributed by atoms with van der Waals surface area (Å²) in [5, 5.41) is 11.8. The number of tetrazole rings is 1. The van der Waals surface area contributed by atoms with E-state index in [0.29, 0.717) is 5.92 Å². The first-order chi connectivity index (χ1) is 6.58. The molecule has 0 fully saturated rings. The first-order valence-corrected chi connectivity index (χ1v) is 5.06. The molecule has 0 aliphatic rings. The number of aromatic nitrogens is 4. The molecule has 80 valence electrons. The Morgan fingerprint density at radius 2 is 2.14 bits per heavy atom. The van der Waals surface area contributed by atoms with Crippen molar-refractivity contribution in [3.05, 3.63) is 5.82 Å². The van der Waals surface area contributed by atoms with E-state index in [9.17, 15) is 0 Å². The summed E-state index contributed by atoms with van der Waals surface area (Å²) >= 11 is 0. The Labute approximate surface area is 84.7 Å². The SMILES string of the molecule is CC(C)CC(N)CCc1nnn(C)n1. The van der Waals surface area contributed by atoms with Gasteiger partial charge in [0.1, 0.15) is 0 Å². The Hall–Kier alpha value is -0.970. The van der Waals surface area contributed by atoms with Crippen LogP contribution in [0, 0.1) is 5.92 Å². The molecule has 1 aromatic rings. The van der Waals surface area contributed by atoms with Crippen molar-refractivity contribution in [1.29, 1.82) is 0 Å². The third kappa shape index (κ3) is 3.83. The van der Waals surface area contributed by atoms with Gasteiger partial charge in [-0.2, -0.15) is 4.80 Å². The van der Waals surface area contributed by atoms with E-state index in [1.807, 2.05) is 0 Å². The largest absolute Gasteiger partial charge is 0.328 e. The molecule has 0 radical (unpaired) electrons. The van der Waals surface area contributed by atoms with E-state index < -0.39 is 0 Å².